The van der Waals surface area contributed by atoms with Crippen LogP contribution >= 0.6 is 0 Å². The fourth-order valence-corrected chi connectivity index (χ4v) is 1.75. The highest BCUT2D eigenvalue weighted by molar-refractivity contribution is 4.85. The van der Waals surface area contributed by atoms with Crippen molar-refractivity contribution >= 4 is 0 Å². The topological polar surface area (TPSA) is 33.3 Å². The zero-order valence-corrected chi connectivity index (χ0v) is 9.57. The van der Waals surface area contributed by atoms with E-state index in [1.165, 1.54) is 6.42 Å². The summed E-state index contributed by atoms with van der Waals surface area (Å²) in [4.78, 5) is 0. The van der Waals surface area contributed by atoms with Crippen LogP contribution in [0.5, 0.6) is 0 Å². The van der Waals surface area contributed by atoms with E-state index in [0.29, 0.717) is 5.54 Å². The average Bonchev–Trinajstić information content (AvgIpc) is 2.18. The summed E-state index contributed by atoms with van der Waals surface area (Å²) in [7, 11) is 0. The zero-order valence-electron chi connectivity index (χ0n) is 9.57. The molecule has 0 bridgehead atoms. The number of nitrogens with one attached hydrogen (secondary N) is 2. The van der Waals surface area contributed by atoms with Crippen molar-refractivity contribution in [2.75, 3.05) is 32.8 Å². The lowest BCUT2D eigenvalue weighted by Gasteiger charge is -2.34. The number of hydrogen-bond acceptors (Lipinski definition) is 3. The Hall–Kier alpha value is -0.120. The van der Waals surface area contributed by atoms with Crippen LogP contribution in [0.1, 0.15) is 33.1 Å². The first-order chi connectivity index (χ1) is 6.77. The molecule has 0 radical (unpaired) electrons. The maximum absolute atomic E-state index is 5.35. The van der Waals surface area contributed by atoms with Crippen LogP contribution in [-0.4, -0.2) is 38.4 Å². The third-order valence-electron chi connectivity index (χ3n) is 2.88. The molecular formula is C11H24N2O. The van der Waals surface area contributed by atoms with E-state index in [-0.39, 0.29) is 0 Å². The largest absolute Gasteiger partial charge is 0.381 e. The fourth-order valence-electron chi connectivity index (χ4n) is 1.75. The summed E-state index contributed by atoms with van der Waals surface area (Å²) in [6.45, 7) is 9.58. The van der Waals surface area contributed by atoms with Gasteiger partial charge in [-0.2, -0.15) is 0 Å². The van der Waals surface area contributed by atoms with Gasteiger partial charge in [-0.15, -0.1) is 0 Å². The maximum atomic E-state index is 5.35. The van der Waals surface area contributed by atoms with Crippen LogP contribution < -0.4 is 10.6 Å². The Kier molecular flexibility index (Phi) is 5.45. The second kappa shape index (κ2) is 6.38. The molecule has 1 aliphatic rings. The van der Waals surface area contributed by atoms with E-state index in [0.717, 1.165) is 45.7 Å². The normalized spacial score (nSPS) is 21.0. The van der Waals surface area contributed by atoms with Gasteiger partial charge in [0.25, 0.3) is 0 Å². The molecule has 3 nitrogen and oxygen atoms in total. The van der Waals surface area contributed by atoms with Gasteiger partial charge in [-0.25, -0.2) is 0 Å². The number of ether oxygens (including phenoxy) is 1. The van der Waals surface area contributed by atoms with Crippen LogP contribution in [0.4, 0.5) is 0 Å². The van der Waals surface area contributed by atoms with Gasteiger partial charge in [0.15, 0.2) is 0 Å². The summed E-state index contributed by atoms with van der Waals surface area (Å²) >= 11 is 0. The second-order valence-corrected chi connectivity index (χ2v) is 4.35. The molecule has 14 heavy (non-hydrogen) atoms. The Labute approximate surface area is 87.6 Å². The minimum atomic E-state index is 0.312. The fraction of sp³-hybridized carbons (Fsp3) is 1.00. The minimum absolute atomic E-state index is 0.312. The Morgan fingerprint density at radius 1 is 1.14 bits per heavy atom. The second-order valence-electron chi connectivity index (χ2n) is 4.35. The Morgan fingerprint density at radius 2 is 1.86 bits per heavy atom. The van der Waals surface area contributed by atoms with Gasteiger partial charge in [0.2, 0.25) is 0 Å². The van der Waals surface area contributed by atoms with Gasteiger partial charge < -0.3 is 15.4 Å². The lowest BCUT2D eigenvalue weighted by molar-refractivity contribution is 0.0456. The van der Waals surface area contributed by atoms with E-state index in [1.807, 2.05) is 0 Å². The molecule has 1 aliphatic heterocycles. The number of hydrogen-bond donors (Lipinski definition) is 2. The van der Waals surface area contributed by atoms with Crippen LogP contribution in [-0.2, 0) is 4.74 Å². The Morgan fingerprint density at radius 3 is 2.50 bits per heavy atom. The SMILES string of the molecule is CCCNCCNC1(C)CCOCC1. The van der Waals surface area contributed by atoms with Crippen molar-refractivity contribution in [3.63, 3.8) is 0 Å². The zero-order chi connectivity index (χ0) is 10.3. The van der Waals surface area contributed by atoms with E-state index >= 15 is 0 Å². The highest BCUT2D eigenvalue weighted by Crippen LogP contribution is 2.18. The summed E-state index contributed by atoms with van der Waals surface area (Å²) in [5.74, 6) is 0. The Balaban J connectivity index is 2.03. The Bertz CT molecular complexity index is 144. The number of rotatable bonds is 6. The van der Waals surface area contributed by atoms with Crippen molar-refractivity contribution in [2.24, 2.45) is 0 Å². The van der Waals surface area contributed by atoms with E-state index in [1.54, 1.807) is 0 Å². The van der Waals surface area contributed by atoms with Crippen molar-refractivity contribution < 1.29 is 4.74 Å². The van der Waals surface area contributed by atoms with Crippen molar-refractivity contribution in [1.82, 2.24) is 10.6 Å². The highest BCUT2D eigenvalue weighted by atomic mass is 16.5. The molecule has 0 amide bonds. The molecule has 1 rings (SSSR count). The molecule has 84 valence electrons. The molecule has 1 fully saturated rings. The smallest absolute Gasteiger partial charge is 0.0483 e. The standard InChI is InChI=1S/C11H24N2O/c1-3-6-12-7-8-13-11(2)4-9-14-10-5-11/h12-13H,3-10H2,1-2H3. The van der Waals surface area contributed by atoms with Crippen molar-refractivity contribution in [3.05, 3.63) is 0 Å². The predicted octanol–water partition coefficient (Wildman–Crippen LogP) is 1.14. The van der Waals surface area contributed by atoms with Gasteiger partial charge in [-0.1, -0.05) is 6.92 Å². The molecular weight excluding hydrogens is 176 g/mol. The molecule has 1 heterocycles. The summed E-state index contributed by atoms with van der Waals surface area (Å²) < 4.78 is 5.35. The summed E-state index contributed by atoms with van der Waals surface area (Å²) in [6.07, 6.45) is 3.49. The van der Waals surface area contributed by atoms with Gasteiger partial charge in [0.05, 0.1) is 0 Å². The van der Waals surface area contributed by atoms with E-state index in [4.69, 9.17) is 4.74 Å². The summed E-state index contributed by atoms with van der Waals surface area (Å²) in [6, 6.07) is 0. The van der Waals surface area contributed by atoms with Crippen molar-refractivity contribution in [1.29, 1.82) is 0 Å². The van der Waals surface area contributed by atoms with E-state index < -0.39 is 0 Å². The molecule has 0 atom stereocenters. The molecule has 3 heteroatoms. The van der Waals surface area contributed by atoms with Crippen molar-refractivity contribution in [3.8, 4) is 0 Å². The first-order valence-corrected chi connectivity index (χ1v) is 5.80. The molecule has 0 aliphatic carbocycles. The van der Waals surface area contributed by atoms with Crippen molar-refractivity contribution in [2.45, 2.75) is 38.6 Å². The highest BCUT2D eigenvalue weighted by Gasteiger charge is 2.25. The molecule has 2 N–H and O–H groups in total. The molecule has 0 aromatic rings. The van der Waals surface area contributed by atoms with Crippen LogP contribution in [0.2, 0.25) is 0 Å². The lowest BCUT2D eigenvalue weighted by atomic mass is 9.92. The van der Waals surface area contributed by atoms with E-state index in [2.05, 4.69) is 24.5 Å². The first kappa shape index (κ1) is 12.0. The van der Waals surface area contributed by atoms with E-state index in [9.17, 15) is 0 Å². The maximum Gasteiger partial charge on any atom is 0.0483 e. The van der Waals surface area contributed by atoms with Crippen LogP contribution in [0, 0.1) is 0 Å². The van der Waals surface area contributed by atoms with Gasteiger partial charge in [0.1, 0.15) is 0 Å². The minimum Gasteiger partial charge on any atom is -0.381 e. The lowest BCUT2D eigenvalue weighted by Crippen LogP contribution is -2.48. The monoisotopic (exact) mass is 200 g/mol. The average molecular weight is 200 g/mol. The van der Waals surface area contributed by atoms with Gasteiger partial charge in [-0.05, 0) is 32.7 Å². The van der Waals surface area contributed by atoms with Gasteiger partial charge in [-0.3, -0.25) is 0 Å². The van der Waals surface area contributed by atoms with Gasteiger partial charge in [0, 0.05) is 31.8 Å². The first-order valence-electron chi connectivity index (χ1n) is 5.80. The van der Waals surface area contributed by atoms with Crippen LogP contribution in [0.15, 0.2) is 0 Å². The van der Waals surface area contributed by atoms with Crippen LogP contribution in [0.25, 0.3) is 0 Å². The summed E-state index contributed by atoms with van der Waals surface area (Å²) in [5, 5.41) is 7.01. The molecule has 1 saturated heterocycles. The molecule has 0 unspecified atom stereocenters. The van der Waals surface area contributed by atoms with Crippen LogP contribution in [0.3, 0.4) is 0 Å². The molecule has 0 aromatic heterocycles. The third-order valence-corrected chi connectivity index (χ3v) is 2.88. The molecule has 0 saturated carbocycles. The molecule has 0 aromatic carbocycles. The van der Waals surface area contributed by atoms with Gasteiger partial charge >= 0.3 is 0 Å². The molecule has 0 spiro atoms. The quantitative estimate of drug-likeness (QED) is 0.631. The third kappa shape index (κ3) is 4.40. The predicted molar refractivity (Wildman–Crippen MR) is 59.6 cm³/mol. The summed E-state index contributed by atoms with van der Waals surface area (Å²) in [5.41, 5.74) is 0.312.